The van der Waals surface area contributed by atoms with Gasteiger partial charge in [-0.1, -0.05) is 41.5 Å². The average Bonchev–Trinajstić information content (AvgIpc) is 2.48. The molecule has 0 aliphatic rings. The van der Waals surface area contributed by atoms with Crippen LogP contribution in [0.25, 0.3) is 0 Å². The summed E-state index contributed by atoms with van der Waals surface area (Å²) in [5.41, 5.74) is 2.20. The van der Waals surface area contributed by atoms with Gasteiger partial charge in [0.25, 0.3) is 0 Å². The minimum absolute atomic E-state index is 0.0942. The van der Waals surface area contributed by atoms with Crippen molar-refractivity contribution in [3.05, 3.63) is 12.3 Å². The molecule has 0 aliphatic carbocycles. The molecule has 0 spiro atoms. The van der Waals surface area contributed by atoms with E-state index in [1.54, 1.807) is 0 Å². The summed E-state index contributed by atoms with van der Waals surface area (Å²) in [4.78, 5) is 7.97. The van der Waals surface area contributed by atoms with E-state index in [2.05, 4.69) is 68.5 Å². The normalized spacial score (nSPS) is 13.2. The standard InChI is InChI=1S/C16H37N3Si/c1-8-17(9-2)16(15-20-14-7,18(10-3)11-4)19(12-5)13-6/h14H,7-13,15,20H2,1-6H3. The minimum Gasteiger partial charge on any atom is -0.274 e. The van der Waals surface area contributed by atoms with Crippen LogP contribution in [0.1, 0.15) is 41.5 Å². The minimum atomic E-state index is -0.228. The van der Waals surface area contributed by atoms with Gasteiger partial charge >= 0.3 is 0 Å². The van der Waals surface area contributed by atoms with Gasteiger partial charge in [0, 0.05) is 9.52 Å². The Morgan fingerprint density at radius 2 is 1.05 bits per heavy atom. The third-order valence-corrected chi connectivity index (χ3v) is 5.86. The van der Waals surface area contributed by atoms with Gasteiger partial charge < -0.3 is 0 Å². The molecule has 0 bridgehead atoms. The highest BCUT2D eigenvalue weighted by molar-refractivity contribution is 6.42. The van der Waals surface area contributed by atoms with Crippen molar-refractivity contribution in [1.82, 2.24) is 14.7 Å². The van der Waals surface area contributed by atoms with Gasteiger partial charge in [0.2, 0.25) is 0 Å². The molecule has 0 amide bonds. The fourth-order valence-corrected chi connectivity index (χ4v) is 5.10. The smallest absolute Gasteiger partial charge is 0.128 e. The van der Waals surface area contributed by atoms with Crippen molar-refractivity contribution in [2.24, 2.45) is 0 Å². The molecule has 3 nitrogen and oxygen atoms in total. The van der Waals surface area contributed by atoms with Crippen molar-refractivity contribution < 1.29 is 0 Å². The second-order valence-electron chi connectivity index (χ2n) is 5.12. The second-order valence-corrected chi connectivity index (χ2v) is 6.77. The molecular formula is C16H37N3Si. The van der Waals surface area contributed by atoms with E-state index in [-0.39, 0.29) is 15.3 Å². The average molecular weight is 300 g/mol. The number of rotatable bonds is 12. The Morgan fingerprint density at radius 1 is 0.750 bits per heavy atom. The lowest BCUT2D eigenvalue weighted by molar-refractivity contribution is -0.148. The summed E-state index contributed by atoms with van der Waals surface area (Å²) >= 11 is 0. The molecule has 20 heavy (non-hydrogen) atoms. The van der Waals surface area contributed by atoms with Crippen LogP contribution in [-0.2, 0) is 0 Å². The fourth-order valence-electron chi connectivity index (χ4n) is 3.56. The molecular weight excluding hydrogens is 262 g/mol. The Hall–Kier alpha value is -0.163. The first kappa shape index (κ1) is 19.8. The van der Waals surface area contributed by atoms with Crippen molar-refractivity contribution >= 4 is 9.52 Å². The molecule has 0 aromatic carbocycles. The van der Waals surface area contributed by atoms with Crippen LogP contribution >= 0.6 is 0 Å². The molecule has 0 heterocycles. The predicted molar refractivity (Wildman–Crippen MR) is 95.0 cm³/mol. The first-order chi connectivity index (χ1) is 9.62. The zero-order valence-corrected chi connectivity index (χ0v) is 16.2. The predicted octanol–water partition coefficient (Wildman–Crippen LogP) is 2.40. The van der Waals surface area contributed by atoms with E-state index in [0.717, 1.165) is 39.3 Å². The Morgan fingerprint density at radius 3 is 1.25 bits per heavy atom. The summed E-state index contributed by atoms with van der Waals surface area (Å²) in [6.07, 6.45) is 0. The van der Waals surface area contributed by atoms with Crippen LogP contribution in [-0.4, -0.2) is 69.3 Å². The lowest BCUT2D eigenvalue weighted by Crippen LogP contribution is -2.70. The highest BCUT2D eigenvalue weighted by Crippen LogP contribution is 2.29. The lowest BCUT2D eigenvalue weighted by atomic mass is 10.2. The van der Waals surface area contributed by atoms with Gasteiger partial charge in [-0.3, -0.25) is 14.7 Å². The molecule has 0 saturated carbocycles. The molecule has 120 valence electrons. The second kappa shape index (κ2) is 10.5. The molecule has 0 aliphatic heterocycles. The molecule has 0 aromatic rings. The third kappa shape index (κ3) is 4.17. The van der Waals surface area contributed by atoms with Crippen LogP contribution in [0.4, 0.5) is 0 Å². The molecule has 0 unspecified atom stereocenters. The highest BCUT2D eigenvalue weighted by atomic mass is 28.2. The van der Waals surface area contributed by atoms with Crippen molar-refractivity contribution in [3.8, 4) is 0 Å². The van der Waals surface area contributed by atoms with Crippen molar-refractivity contribution in [1.29, 1.82) is 0 Å². The number of hydrogen-bond donors (Lipinski definition) is 0. The summed E-state index contributed by atoms with van der Waals surface area (Å²) in [6.45, 7) is 24.4. The van der Waals surface area contributed by atoms with Crippen molar-refractivity contribution in [3.63, 3.8) is 0 Å². The first-order valence-electron chi connectivity index (χ1n) is 8.48. The first-order valence-corrected chi connectivity index (χ1v) is 10.3. The van der Waals surface area contributed by atoms with E-state index in [1.807, 2.05) is 0 Å². The molecule has 0 atom stereocenters. The van der Waals surface area contributed by atoms with Gasteiger partial charge in [-0.15, -0.1) is 12.3 Å². The van der Waals surface area contributed by atoms with Crippen LogP contribution in [0.15, 0.2) is 12.3 Å². The van der Waals surface area contributed by atoms with Crippen LogP contribution < -0.4 is 0 Å². The summed E-state index contributed by atoms with van der Waals surface area (Å²) in [6, 6.07) is 1.27. The summed E-state index contributed by atoms with van der Waals surface area (Å²) in [7, 11) is -0.228. The fraction of sp³-hybridized carbons (Fsp3) is 0.875. The highest BCUT2D eigenvalue weighted by Gasteiger charge is 2.43. The maximum Gasteiger partial charge on any atom is 0.128 e. The summed E-state index contributed by atoms with van der Waals surface area (Å²) in [5, 5.41) is 0. The largest absolute Gasteiger partial charge is 0.274 e. The Kier molecular flexibility index (Phi) is 10.5. The van der Waals surface area contributed by atoms with E-state index in [0.29, 0.717) is 0 Å². The third-order valence-electron chi connectivity index (χ3n) is 4.49. The number of nitrogens with zero attached hydrogens (tertiary/aromatic N) is 3. The maximum absolute atomic E-state index is 4.00. The molecule has 0 rings (SSSR count). The molecule has 0 N–H and O–H groups in total. The Balaban J connectivity index is 5.76. The van der Waals surface area contributed by atoms with Crippen LogP contribution in [0.5, 0.6) is 0 Å². The monoisotopic (exact) mass is 299 g/mol. The van der Waals surface area contributed by atoms with Gasteiger partial charge in [-0.25, -0.2) is 0 Å². The Labute approximate surface area is 129 Å². The molecule has 0 aromatic heterocycles. The van der Waals surface area contributed by atoms with Crippen LogP contribution in [0, 0.1) is 0 Å². The zero-order chi connectivity index (χ0) is 15.6. The maximum atomic E-state index is 4.00. The number of hydrogen-bond acceptors (Lipinski definition) is 3. The summed E-state index contributed by atoms with van der Waals surface area (Å²) < 4.78 is 0. The van der Waals surface area contributed by atoms with Gasteiger partial charge in [0.05, 0.1) is 0 Å². The van der Waals surface area contributed by atoms with Gasteiger partial charge in [0.1, 0.15) is 5.79 Å². The SMILES string of the molecule is C=C[SiH2]CC(N(CC)CC)(N(CC)CC)N(CC)CC. The van der Waals surface area contributed by atoms with E-state index in [1.165, 1.54) is 6.04 Å². The lowest BCUT2D eigenvalue weighted by Gasteiger charge is -2.56. The van der Waals surface area contributed by atoms with E-state index >= 15 is 0 Å². The van der Waals surface area contributed by atoms with Crippen LogP contribution in [0.3, 0.4) is 0 Å². The van der Waals surface area contributed by atoms with Gasteiger partial charge in [-0.2, -0.15) is 0 Å². The topological polar surface area (TPSA) is 9.72 Å². The van der Waals surface area contributed by atoms with Crippen molar-refractivity contribution in [2.75, 3.05) is 39.3 Å². The zero-order valence-electron chi connectivity index (χ0n) is 14.8. The van der Waals surface area contributed by atoms with Gasteiger partial charge in [-0.05, 0) is 45.3 Å². The summed E-state index contributed by atoms with van der Waals surface area (Å²) in [5.74, 6) is 0.0942. The van der Waals surface area contributed by atoms with E-state index in [9.17, 15) is 0 Å². The molecule has 0 radical (unpaired) electrons. The van der Waals surface area contributed by atoms with E-state index < -0.39 is 0 Å². The molecule has 0 saturated heterocycles. The quantitative estimate of drug-likeness (QED) is 0.405. The molecule has 0 fully saturated rings. The van der Waals surface area contributed by atoms with Gasteiger partial charge in [0.15, 0.2) is 0 Å². The van der Waals surface area contributed by atoms with Crippen LogP contribution in [0.2, 0.25) is 6.04 Å². The van der Waals surface area contributed by atoms with E-state index in [4.69, 9.17) is 0 Å². The molecule has 4 heteroatoms. The van der Waals surface area contributed by atoms with Crippen molar-refractivity contribution in [2.45, 2.75) is 53.4 Å². The Bertz CT molecular complexity index is 215.